The molecule has 0 bridgehead atoms. The molecular weight excluding hydrogens is 206 g/mol. The number of nitrogens with one attached hydrogen (secondary N) is 1. The summed E-state index contributed by atoms with van der Waals surface area (Å²) in [4.78, 5) is 14.8. The molecule has 16 heavy (non-hydrogen) atoms. The van der Waals surface area contributed by atoms with E-state index in [9.17, 15) is 4.79 Å². The second-order valence-electron chi connectivity index (χ2n) is 4.80. The predicted molar refractivity (Wildman–Crippen MR) is 58.2 cm³/mol. The summed E-state index contributed by atoms with van der Waals surface area (Å²) < 4.78 is 0. The lowest BCUT2D eigenvalue weighted by atomic mass is 9.75. The molecule has 0 unspecified atom stereocenters. The highest BCUT2D eigenvalue weighted by molar-refractivity contribution is 5.68. The third-order valence-corrected chi connectivity index (χ3v) is 3.35. The zero-order chi connectivity index (χ0) is 11.6. The Morgan fingerprint density at radius 3 is 2.75 bits per heavy atom. The van der Waals surface area contributed by atoms with Crippen molar-refractivity contribution in [2.24, 2.45) is 0 Å². The van der Waals surface area contributed by atoms with E-state index in [4.69, 9.17) is 5.11 Å². The van der Waals surface area contributed by atoms with E-state index in [1.54, 1.807) is 0 Å². The summed E-state index contributed by atoms with van der Waals surface area (Å²) in [5.41, 5.74) is 0.0332. The lowest BCUT2D eigenvalue weighted by Gasteiger charge is -2.30. The maximum atomic E-state index is 10.5. The molecule has 5 nitrogen and oxygen atoms in total. The number of hydrogen-bond donors (Lipinski definition) is 2. The maximum absolute atomic E-state index is 10.5. The highest BCUT2D eigenvalue weighted by atomic mass is 16.4. The minimum absolute atomic E-state index is 0.0332. The summed E-state index contributed by atoms with van der Waals surface area (Å²) in [5.74, 6) is 0.356. The second kappa shape index (κ2) is 4.23. The molecule has 0 spiro atoms. The third-order valence-electron chi connectivity index (χ3n) is 3.35. The van der Waals surface area contributed by atoms with Crippen molar-refractivity contribution in [1.29, 1.82) is 0 Å². The molecule has 1 aliphatic carbocycles. The summed E-state index contributed by atoms with van der Waals surface area (Å²) in [6, 6.07) is 0. The quantitative estimate of drug-likeness (QED) is 0.816. The fourth-order valence-electron chi connectivity index (χ4n) is 2.34. The molecule has 1 heterocycles. The Bertz CT molecular complexity index is 380. The lowest BCUT2D eigenvalue weighted by Crippen LogP contribution is -2.26. The minimum Gasteiger partial charge on any atom is -0.481 e. The molecule has 1 saturated carbocycles. The molecule has 88 valence electrons. The first-order chi connectivity index (χ1) is 7.60. The normalized spacial score (nSPS) is 19.6. The summed E-state index contributed by atoms with van der Waals surface area (Å²) >= 11 is 0. The van der Waals surface area contributed by atoms with Crippen molar-refractivity contribution in [3.63, 3.8) is 0 Å². The monoisotopic (exact) mass is 223 g/mol. The van der Waals surface area contributed by atoms with Crippen molar-refractivity contribution in [3.8, 4) is 0 Å². The van der Waals surface area contributed by atoms with Gasteiger partial charge in [-0.3, -0.25) is 9.89 Å². The zero-order valence-corrected chi connectivity index (χ0v) is 9.49. The molecule has 2 N–H and O–H groups in total. The third kappa shape index (κ3) is 2.23. The molecule has 0 aromatic carbocycles. The van der Waals surface area contributed by atoms with Gasteiger partial charge in [0.25, 0.3) is 0 Å². The van der Waals surface area contributed by atoms with Crippen LogP contribution in [-0.4, -0.2) is 26.3 Å². The number of H-pyrrole nitrogens is 1. The van der Waals surface area contributed by atoms with Crippen LogP contribution >= 0.6 is 0 Å². The molecule has 1 aliphatic rings. The van der Waals surface area contributed by atoms with E-state index in [1.165, 1.54) is 19.3 Å². The van der Waals surface area contributed by atoms with Crippen molar-refractivity contribution < 1.29 is 9.90 Å². The first-order valence-corrected chi connectivity index (χ1v) is 5.74. The molecule has 1 aromatic heterocycles. The minimum atomic E-state index is -0.878. The van der Waals surface area contributed by atoms with Gasteiger partial charge in [0.1, 0.15) is 12.2 Å². The number of carbonyl (C=O) groups is 1. The Labute approximate surface area is 94.3 Å². The van der Waals surface area contributed by atoms with Crippen molar-refractivity contribution in [2.45, 2.75) is 50.9 Å². The van der Waals surface area contributed by atoms with Crippen molar-refractivity contribution >= 4 is 5.97 Å². The van der Waals surface area contributed by atoms with Crippen LogP contribution in [0.2, 0.25) is 0 Å². The fourth-order valence-corrected chi connectivity index (χ4v) is 2.34. The number of nitrogens with zero attached hydrogens (tertiary/aromatic N) is 2. The van der Waals surface area contributed by atoms with E-state index in [-0.39, 0.29) is 11.8 Å². The number of carboxylic acids is 1. The highest BCUT2D eigenvalue weighted by Gasteiger charge is 2.32. The summed E-state index contributed by atoms with van der Waals surface area (Å²) in [5, 5.41) is 15.5. The molecule has 0 atom stereocenters. The highest BCUT2D eigenvalue weighted by Crippen LogP contribution is 2.36. The van der Waals surface area contributed by atoms with E-state index in [2.05, 4.69) is 22.1 Å². The molecule has 5 heteroatoms. The van der Waals surface area contributed by atoms with Crippen LogP contribution in [0.3, 0.4) is 0 Å². The van der Waals surface area contributed by atoms with Gasteiger partial charge < -0.3 is 5.11 Å². The van der Waals surface area contributed by atoms with Crippen molar-refractivity contribution in [2.75, 3.05) is 0 Å². The van der Waals surface area contributed by atoms with Gasteiger partial charge in [0.15, 0.2) is 5.82 Å². The topological polar surface area (TPSA) is 78.9 Å². The van der Waals surface area contributed by atoms with Crippen LogP contribution in [-0.2, 0) is 16.6 Å². The SMILES string of the molecule is CC1(c2n[nH]c(CC(=O)O)n2)CCCCC1. The van der Waals surface area contributed by atoms with E-state index in [0.717, 1.165) is 18.7 Å². The van der Waals surface area contributed by atoms with E-state index in [1.807, 2.05) is 0 Å². The van der Waals surface area contributed by atoms with Crippen molar-refractivity contribution in [3.05, 3.63) is 11.6 Å². The average Bonchev–Trinajstić information content (AvgIpc) is 2.67. The molecule has 2 rings (SSSR count). The van der Waals surface area contributed by atoms with E-state index >= 15 is 0 Å². The standard InChI is InChI=1S/C11H17N3O2/c1-11(5-3-2-4-6-11)10-12-8(13-14-10)7-9(15)16/h2-7H2,1H3,(H,15,16)(H,12,13,14). The molecule has 0 radical (unpaired) electrons. The predicted octanol–water partition coefficient (Wildman–Crippen LogP) is 1.65. The first kappa shape index (κ1) is 11.1. The number of aliphatic carboxylic acids is 1. The number of aromatic amines is 1. The number of carboxylic acid groups (broad SMARTS) is 1. The van der Waals surface area contributed by atoms with Crippen LogP contribution in [0.15, 0.2) is 0 Å². The van der Waals surface area contributed by atoms with Crippen LogP contribution in [0.1, 0.15) is 50.7 Å². The Balaban J connectivity index is 2.13. The zero-order valence-electron chi connectivity index (χ0n) is 9.49. The Morgan fingerprint density at radius 2 is 2.12 bits per heavy atom. The van der Waals surface area contributed by atoms with Crippen molar-refractivity contribution in [1.82, 2.24) is 15.2 Å². The molecule has 0 aliphatic heterocycles. The van der Waals surface area contributed by atoms with Gasteiger partial charge in [-0.05, 0) is 12.8 Å². The second-order valence-corrected chi connectivity index (χ2v) is 4.80. The Morgan fingerprint density at radius 1 is 1.44 bits per heavy atom. The summed E-state index contributed by atoms with van der Waals surface area (Å²) in [6.45, 7) is 2.17. The van der Waals surface area contributed by atoms with Gasteiger partial charge in [-0.2, -0.15) is 5.10 Å². The maximum Gasteiger partial charge on any atom is 0.311 e. The van der Waals surface area contributed by atoms with Gasteiger partial charge >= 0.3 is 5.97 Å². The number of rotatable bonds is 3. The van der Waals surface area contributed by atoms with Gasteiger partial charge in [0.2, 0.25) is 0 Å². The van der Waals surface area contributed by atoms with Crippen LogP contribution in [0, 0.1) is 0 Å². The van der Waals surface area contributed by atoms with Gasteiger partial charge in [0.05, 0.1) is 0 Å². The molecule has 1 aromatic rings. The fraction of sp³-hybridized carbons (Fsp3) is 0.727. The largest absolute Gasteiger partial charge is 0.481 e. The summed E-state index contributed by atoms with van der Waals surface area (Å²) in [6.07, 6.45) is 5.80. The smallest absolute Gasteiger partial charge is 0.311 e. The summed E-state index contributed by atoms with van der Waals surface area (Å²) in [7, 11) is 0. The first-order valence-electron chi connectivity index (χ1n) is 5.74. The Hall–Kier alpha value is -1.39. The van der Waals surface area contributed by atoms with Gasteiger partial charge in [0, 0.05) is 5.41 Å². The van der Waals surface area contributed by atoms with Crippen LogP contribution < -0.4 is 0 Å². The molecule has 1 fully saturated rings. The molecular formula is C11H17N3O2. The van der Waals surface area contributed by atoms with Crippen LogP contribution in [0.5, 0.6) is 0 Å². The van der Waals surface area contributed by atoms with Gasteiger partial charge in [-0.15, -0.1) is 0 Å². The lowest BCUT2D eigenvalue weighted by molar-refractivity contribution is -0.136. The van der Waals surface area contributed by atoms with Gasteiger partial charge in [-0.25, -0.2) is 4.98 Å². The number of aromatic nitrogens is 3. The van der Waals surface area contributed by atoms with E-state index in [0.29, 0.717) is 5.82 Å². The van der Waals surface area contributed by atoms with Gasteiger partial charge in [-0.1, -0.05) is 26.2 Å². The van der Waals surface area contributed by atoms with Crippen LogP contribution in [0.4, 0.5) is 0 Å². The Kier molecular flexibility index (Phi) is 2.94. The molecule has 0 amide bonds. The van der Waals surface area contributed by atoms with Crippen LogP contribution in [0.25, 0.3) is 0 Å². The van der Waals surface area contributed by atoms with E-state index < -0.39 is 5.97 Å². The molecule has 0 saturated heterocycles. The number of hydrogen-bond acceptors (Lipinski definition) is 3. The average molecular weight is 223 g/mol.